The molecule has 2 nitrogen and oxygen atoms in total. The first-order chi connectivity index (χ1) is 10.1. The number of hydrogen-bond acceptors (Lipinski definition) is 1. The summed E-state index contributed by atoms with van der Waals surface area (Å²) in [6.45, 7) is 4.21. The highest BCUT2D eigenvalue weighted by Crippen LogP contribution is 2.30. The Hall–Kier alpha value is -2.06. The second-order valence-corrected chi connectivity index (χ2v) is 5.70. The first-order valence-corrected chi connectivity index (χ1v) is 7.40. The van der Waals surface area contributed by atoms with Gasteiger partial charge in [-0.25, -0.2) is 4.68 Å². The molecule has 1 heterocycles. The van der Waals surface area contributed by atoms with Gasteiger partial charge in [0.1, 0.15) is 0 Å². The molecular formula is C18H17ClN2. The molecule has 0 aliphatic carbocycles. The van der Waals surface area contributed by atoms with Crippen LogP contribution in [0.25, 0.3) is 5.69 Å². The van der Waals surface area contributed by atoms with Crippen LogP contribution in [0.15, 0.2) is 60.9 Å². The van der Waals surface area contributed by atoms with E-state index in [0.717, 1.165) is 16.8 Å². The van der Waals surface area contributed by atoms with Crippen LogP contribution in [0.1, 0.15) is 27.6 Å². The number of hydrogen-bond donors (Lipinski definition) is 0. The Balaban J connectivity index is 1.90. The summed E-state index contributed by atoms with van der Waals surface area (Å²) in [5.74, 6) is 0. The highest BCUT2D eigenvalue weighted by atomic mass is 35.5. The standard InChI is InChI=1S/C18H17ClN2/c1-13-8-9-15(10-14(13)2)18(19)16-11-20-21(12-16)17-6-4-3-5-7-17/h3-12,18H,1-2H3. The summed E-state index contributed by atoms with van der Waals surface area (Å²) in [5.41, 5.74) is 5.68. The predicted octanol–water partition coefficient (Wildman–Crippen LogP) is 4.82. The van der Waals surface area contributed by atoms with Crippen molar-refractivity contribution in [2.75, 3.05) is 0 Å². The van der Waals surface area contributed by atoms with Crippen LogP contribution < -0.4 is 0 Å². The van der Waals surface area contributed by atoms with E-state index in [-0.39, 0.29) is 5.38 Å². The van der Waals surface area contributed by atoms with E-state index in [1.54, 1.807) is 0 Å². The Kier molecular flexibility index (Phi) is 3.80. The highest BCUT2D eigenvalue weighted by molar-refractivity contribution is 6.22. The molecule has 0 fully saturated rings. The molecule has 0 saturated heterocycles. The number of nitrogens with zero attached hydrogens (tertiary/aromatic N) is 2. The van der Waals surface area contributed by atoms with Crippen molar-refractivity contribution in [1.29, 1.82) is 0 Å². The average molecular weight is 297 g/mol. The summed E-state index contributed by atoms with van der Waals surface area (Å²) < 4.78 is 1.85. The van der Waals surface area contributed by atoms with Crippen LogP contribution in [0, 0.1) is 13.8 Å². The van der Waals surface area contributed by atoms with Crippen molar-refractivity contribution in [3.05, 3.63) is 83.2 Å². The van der Waals surface area contributed by atoms with Crippen molar-refractivity contribution in [3.63, 3.8) is 0 Å². The van der Waals surface area contributed by atoms with Gasteiger partial charge < -0.3 is 0 Å². The lowest BCUT2D eigenvalue weighted by atomic mass is 10.0. The van der Waals surface area contributed by atoms with Gasteiger partial charge in [0.2, 0.25) is 0 Å². The lowest BCUT2D eigenvalue weighted by Gasteiger charge is -2.10. The second kappa shape index (κ2) is 5.74. The molecule has 3 heteroatoms. The van der Waals surface area contributed by atoms with E-state index in [1.165, 1.54) is 11.1 Å². The van der Waals surface area contributed by atoms with Gasteiger partial charge in [-0.15, -0.1) is 11.6 Å². The molecule has 0 radical (unpaired) electrons. The molecule has 0 aliphatic heterocycles. The molecule has 21 heavy (non-hydrogen) atoms. The van der Waals surface area contributed by atoms with Gasteiger partial charge in [0, 0.05) is 11.8 Å². The number of aromatic nitrogens is 2. The van der Waals surface area contributed by atoms with Gasteiger partial charge in [-0.1, -0.05) is 36.4 Å². The highest BCUT2D eigenvalue weighted by Gasteiger charge is 2.14. The molecule has 106 valence electrons. The molecule has 3 rings (SSSR count). The molecule has 3 aromatic rings. The average Bonchev–Trinajstić information content (AvgIpc) is 3.00. The number of rotatable bonds is 3. The normalized spacial score (nSPS) is 12.3. The third-order valence-electron chi connectivity index (χ3n) is 3.74. The lowest BCUT2D eigenvalue weighted by Crippen LogP contribution is -1.95. The Morgan fingerprint density at radius 2 is 1.71 bits per heavy atom. The molecule has 0 amide bonds. The van der Waals surface area contributed by atoms with E-state index in [0.29, 0.717) is 0 Å². The Morgan fingerprint density at radius 1 is 0.952 bits per heavy atom. The summed E-state index contributed by atoms with van der Waals surface area (Å²) in [7, 11) is 0. The minimum absolute atomic E-state index is 0.179. The molecule has 1 aromatic heterocycles. The number of para-hydroxylation sites is 1. The van der Waals surface area contributed by atoms with E-state index >= 15 is 0 Å². The summed E-state index contributed by atoms with van der Waals surface area (Å²) >= 11 is 6.60. The van der Waals surface area contributed by atoms with Gasteiger partial charge in [0.15, 0.2) is 0 Å². The maximum Gasteiger partial charge on any atom is 0.0866 e. The predicted molar refractivity (Wildman–Crippen MR) is 87.2 cm³/mol. The van der Waals surface area contributed by atoms with Crippen LogP contribution in [0.4, 0.5) is 0 Å². The maximum absolute atomic E-state index is 6.60. The van der Waals surface area contributed by atoms with E-state index in [2.05, 4.69) is 37.1 Å². The summed E-state index contributed by atoms with van der Waals surface area (Å²) in [6, 6.07) is 16.4. The summed E-state index contributed by atoms with van der Waals surface area (Å²) in [5, 5.41) is 4.23. The fourth-order valence-electron chi connectivity index (χ4n) is 2.30. The van der Waals surface area contributed by atoms with Gasteiger partial charge in [-0.05, 0) is 42.7 Å². The SMILES string of the molecule is Cc1ccc(C(Cl)c2cnn(-c3ccccc3)c2)cc1C. The van der Waals surface area contributed by atoms with Gasteiger partial charge in [-0.3, -0.25) is 0 Å². The van der Waals surface area contributed by atoms with E-state index < -0.39 is 0 Å². The molecule has 0 spiro atoms. The van der Waals surface area contributed by atoms with Crippen molar-refractivity contribution in [2.45, 2.75) is 19.2 Å². The summed E-state index contributed by atoms with van der Waals surface area (Å²) in [4.78, 5) is 0. The van der Waals surface area contributed by atoms with Crippen LogP contribution >= 0.6 is 11.6 Å². The van der Waals surface area contributed by atoms with Crippen LogP contribution in [0.5, 0.6) is 0 Å². The zero-order valence-electron chi connectivity index (χ0n) is 12.1. The smallest absolute Gasteiger partial charge is 0.0866 e. The largest absolute Gasteiger partial charge is 0.241 e. The van der Waals surface area contributed by atoms with Gasteiger partial charge in [0.25, 0.3) is 0 Å². The third-order valence-corrected chi connectivity index (χ3v) is 4.24. The number of benzene rings is 2. The summed E-state index contributed by atoms with van der Waals surface area (Å²) in [6.07, 6.45) is 3.82. The monoisotopic (exact) mass is 296 g/mol. The Bertz CT molecular complexity index is 747. The van der Waals surface area contributed by atoms with E-state index in [9.17, 15) is 0 Å². The molecule has 0 aliphatic rings. The van der Waals surface area contributed by atoms with Crippen LogP contribution in [0.2, 0.25) is 0 Å². The molecule has 0 saturated carbocycles. The third kappa shape index (κ3) is 2.86. The van der Waals surface area contributed by atoms with Gasteiger partial charge in [0.05, 0.1) is 17.3 Å². The quantitative estimate of drug-likeness (QED) is 0.634. The maximum atomic E-state index is 6.60. The first-order valence-electron chi connectivity index (χ1n) is 6.96. The first kappa shape index (κ1) is 13.9. The minimum Gasteiger partial charge on any atom is -0.241 e. The number of alkyl halides is 1. The van der Waals surface area contributed by atoms with Crippen molar-refractivity contribution in [2.24, 2.45) is 0 Å². The Labute approximate surface area is 130 Å². The zero-order valence-corrected chi connectivity index (χ0v) is 12.9. The topological polar surface area (TPSA) is 17.8 Å². The Morgan fingerprint density at radius 3 is 2.43 bits per heavy atom. The molecule has 0 bridgehead atoms. The minimum atomic E-state index is -0.179. The molecule has 1 unspecified atom stereocenters. The molecule has 0 N–H and O–H groups in total. The van der Waals surface area contributed by atoms with Crippen molar-refractivity contribution >= 4 is 11.6 Å². The van der Waals surface area contributed by atoms with Crippen molar-refractivity contribution < 1.29 is 0 Å². The molecule has 2 aromatic carbocycles. The molecule has 1 atom stereocenters. The van der Waals surface area contributed by atoms with Crippen LogP contribution in [-0.4, -0.2) is 9.78 Å². The van der Waals surface area contributed by atoms with Crippen LogP contribution in [0.3, 0.4) is 0 Å². The fraction of sp³-hybridized carbons (Fsp3) is 0.167. The van der Waals surface area contributed by atoms with Gasteiger partial charge >= 0.3 is 0 Å². The number of halogens is 1. The van der Waals surface area contributed by atoms with E-state index in [4.69, 9.17) is 11.6 Å². The lowest BCUT2D eigenvalue weighted by molar-refractivity contribution is 0.880. The van der Waals surface area contributed by atoms with Crippen LogP contribution in [-0.2, 0) is 0 Å². The van der Waals surface area contributed by atoms with Gasteiger partial charge in [-0.2, -0.15) is 5.10 Å². The zero-order chi connectivity index (χ0) is 14.8. The van der Waals surface area contributed by atoms with E-state index in [1.807, 2.05) is 47.4 Å². The van der Waals surface area contributed by atoms with Crippen molar-refractivity contribution in [1.82, 2.24) is 9.78 Å². The fourth-order valence-corrected chi connectivity index (χ4v) is 2.55. The molecular weight excluding hydrogens is 280 g/mol. The van der Waals surface area contributed by atoms with Crippen molar-refractivity contribution in [3.8, 4) is 5.69 Å². The second-order valence-electron chi connectivity index (χ2n) is 5.26. The number of aryl methyl sites for hydroxylation is 2.